The van der Waals surface area contributed by atoms with Crippen molar-refractivity contribution in [3.05, 3.63) is 28.6 Å². The monoisotopic (exact) mass is 247 g/mol. The third-order valence-corrected chi connectivity index (χ3v) is 3.68. The summed E-state index contributed by atoms with van der Waals surface area (Å²) >= 11 is 0. The third kappa shape index (κ3) is 2.26. The van der Waals surface area contributed by atoms with Gasteiger partial charge in [0.15, 0.2) is 0 Å². The number of esters is 1. The summed E-state index contributed by atoms with van der Waals surface area (Å²) < 4.78 is 5.07. The minimum atomic E-state index is -0.256. The van der Waals surface area contributed by atoms with E-state index in [2.05, 4.69) is 18.8 Å². The first kappa shape index (κ1) is 13.1. The van der Waals surface area contributed by atoms with E-state index in [-0.39, 0.29) is 11.4 Å². The molecule has 1 heterocycles. The van der Waals surface area contributed by atoms with E-state index in [0.29, 0.717) is 12.2 Å². The Kier molecular flexibility index (Phi) is 3.42. The normalized spacial score (nSPS) is 17.1. The van der Waals surface area contributed by atoms with Crippen LogP contribution in [0, 0.1) is 6.92 Å². The quantitative estimate of drug-likeness (QED) is 0.753. The Labute approximate surface area is 109 Å². The highest BCUT2D eigenvalue weighted by Gasteiger charge is 2.30. The summed E-state index contributed by atoms with van der Waals surface area (Å²) in [6.45, 7) is 8.56. The van der Waals surface area contributed by atoms with Crippen LogP contribution in [0.2, 0.25) is 0 Å². The number of pyridine rings is 1. The van der Waals surface area contributed by atoms with E-state index in [1.807, 2.05) is 19.9 Å². The fourth-order valence-electron chi connectivity index (χ4n) is 2.68. The Bertz CT molecular complexity index is 478. The molecule has 3 nitrogen and oxygen atoms in total. The molecule has 1 aromatic heterocycles. The predicted octanol–water partition coefficient (Wildman–Crippen LogP) is 3.18. The Morgan fingerprint density at radius 1 is 1.50 bits per heavy atom. The third-order valence-electron chi connectivity index (χ3n) is 3.68. The van der Waals surface area contributed by atoms with Crippen LogP contribution in [-0.2, 0) is 16.6 Å². The minimum absolute atomic E-state index is 0.117. The zero-order valence-electron chi connectivity index (χ0n) is 11.7. The summed E-state index contributed by atoms with van der Waals surface area (Å²) in [5.41, 5.74) is 3.88. The van der Waals surface area contributed by atoms with E-state index in [0.717, 1.165) is 30.7 Å². The number of aromatic nitrogens is 1. The second-order valence-electron chi connectivity index (χ2n) is 5.59. The van der Waals surface area contributed by atoms with Crippen molar-refractivity contribution in [1.29, 1.82) is 0 Å². The lowest BCUT2D eigenvalue weighted by molar-refractivity contribution is 0.0524. The van der Waals surface area contributed by atoms with E-state index < -0.39 is 0 Å². The lowest BCUT2D eigenvalue weighted by Gasteiger charge is -2.31. The fourth-order valence-corrected chi connectivity index (χ4v) is 2.68. The molecule has 3 heteroatoms. The standard InChI is InChI=1S/C15H21NO2/c1-5-18-14(17)12-9-11-7-6-8-15(3,4)13(11)16-10(12)2/h9H,5-8H2,1-4H3. The summed E-state index contributed by atoms with van der Waals surface area (Å²) in [6.07, 6.45) is 3.33. The van der Waals surface area contributed by atoms with Gasteiger partial charge in [0, 0.05) is 11.1 Å². The molecule has 0 unspecified atom stereocenters. The summed E-state index contributed by atoms with van der Waals surface area (Å²) in [5, 5.41) is 0. The van der Waals surface area contributed by atoms with Crippen molar-refractivity contribution in [3.63, 3.8) is 0 Å². The molecule has 18 heavy (non-hydrogen) atoms. The van der Waals surface area contributed by atoms with Gasteiger partial charge >= 0.3 is 5.97 Å². The second kappa shape index (κ2) is 4.71. The lowest BCUT2D eigenvalue weighted by Crippen LogP contribution is -2.27. The molecular formula is C15H21NO2. The minimum Gasteiger partial charge on any atom is -0.462 e. The van der Waals surface area contributed by atoms with Crippen LogP contribution in [0.5, 0.6) is 0 Å². The van der Waals surface area contributed by atoms with E-state index in [1.165, 1.54) is 5.56 Å². The number of fused-ring (bicyclic) bond motifs is 1. The number of hydrogen-bond donors (Lipinski definition) is 0. The Morgan fingerprint density at radius 3 is 2.89 bits per heavy atom. The predicted molar refractivity (Wildman–Crippen MR) is 70.9 cm³/mol. The van der Waals surface area contributed by atoms with Gasteiger partial charge in [-0.15, -0.1) is 0 Å². The molecule has 0 saturated heterocycles. The van der Waals surface area contributed by atoms with Gasteiger partial charge in [-0.05, 0) is 44.7 Å². The van der Waals surface area contributed by atoms with Crippen molar-refractivity contribution in [2.24, 2.45) is 0 Å². The van der Waals surface area contributed by atoms with Gasteiger partial charge in [0.1, 0.15) is 0 Å². The highest BCUT2D eigenvalue weighted by atomic mass is 16.5. The maximum atomic E-state index is 11.9. The molecule has 1 aromatic rings. The van der Waals surface area contributed by atoms with Crippen molar-refractivity contribution in [3.8, 4) is 0 Å². The molecule has 0 N–H and O–H groups in total. The van der Waals surface area contributed by atoms with Crippen LogP contribution in [-0.4, -0.2) is 17.6 Å². The van der Waals surface area contributed by atoms with Crippen LogP contribution >= 0.6 is 0 Å². The molecular weight excluding hydrogens is 226 g/mol. The van der Waals surface area contributed by atoms with Crippen molar-refractivity contribution >= 4 is 5.97 Å². The van der Waals surface area contributed by atoms with E-state index in [4.69, 9.17) is 4.74 Å². The van der Waals surface area contributed by atoms with Gasteiger partial charge in [0.05, 0.1) is 17.9 Å². The molecule has 1 aliphatic rings. The molecule has 0 aliphatic heterocycles. The molecule has 0 radical (unpaired) electrons. The maximum Gasteiger partial charge on any atom is 0.339 e. The molecule has 1 aliphatic carbocycles. The number of nitrogens with zero attached hydrogens (tertiary/aromatic N) is 1. The molecule has 0 bridgehead atoms. The highest BCUT2D eigenvalue weighted by Crippen LogP contribution is 2.36. The average molecular weight is 247 g/mol. The summed E-state index contributed by atoms with van der Waals surface area (Å²) in [7, 11) is 0. The number of hydrogen-bond acceptors (Lipinski definition) is 3. The van der Waals surface area contributed by atoms with Crippen LogP contribution in [0.25, 0.3) is 0 Å². The number of ether oxygens (including phenoxy) is 1. The summed E-state index contributed by atoms with van der Waals surface area (Å²) in [5.74, 6) is -0.256. The summed E-state index contributed by atoms with van der Waals surface area (Å²) in [6, 6.07) is 1.98. The van der Waals surface area contributed by atoms with Crippen molar-refractivity contribution in [2.45, 2.75) is 52.4 Å². The zero-order valence-corrected chi connectivity index (χ0v) is 11.7. The fraction of sp³-hybridized carbons (Fsp3) is 0.600. The van der Waals surface area contributed by atoms with Crippen LogP contribution in [0.1, 0.15) is 60.9 Å². The van der Waals surface area contributed by atoms with Gasteiger partial charge in [0.25, 0.3) is 0 Å². The van der Waals surface area contributed by atoms with Crippen LogP contribution in [0.3, 0.4) is 0 Å². The SMILES string of the molecule is CCOC(=O)c1cc2c(nc1C)C(C)(C)CCC2. The topological polar surface area (TPSA) is 39.2 Å². The molecule has 0 amide bonds. The van der Waals surface area contributed by atoms with Crippen LogP contribution < -0.4 is 0 Å². The first-order valence-corrected chi connectivity index (χ1v) is 6.64. The molecule has 0 fully saturated rings. The van der Waals surface area contributed by atoms with Gasteiger partial charge in [-0.3, -0.25) is 4.98 Å². The number of rotatable bonds is 2. The van der Waals surface area contributed by atoms with Gasteiger partial charge in [-0.2, -0.15) is 0 Å². The molecule has 0 atom stereocenters. The van der Waals surface area contributed by atoms with Crippen molar-refractivity contribution < 1.29 is 9.53 Å². The lowest BCUT2D eigenvalue weighted by atomic mass is 9.75. The van der Waals surface area contributed by atoms with Gasteiger partial charge in [0.2, 0.25) is 0 Å². The largest absolute Gasteiger partial charge is 0.462 e. The van der Waals surface area contributed by atoms with E-state index >= 15 is 0 Å². The van der Waals surface area contributed by atoms with E-state index in [1.54, 1.807) is 0 Å². The highest BCUT2D eigenvalue weighted by molar-refractivity contribution is 5.90. The first-order chi connectivity index (χ1) is 8.45. The molecule has 2 rings (SSSR count). The van der Waals surface area contributed by atoms with Gasteiger partial charge in [-0.25, -0.2) is 4.79 Å². The van der Waals surface area contributed by atoms with Crippen molar-refractivity contribution in [1.82, 2.24) is 4.98 Å². The van der Waals surface area contributed by atoms with Gasteiger partial charge < -0.3 is 4.74 Å². The molecule has 98 valence electrons. The van der Waals surface area contributed by atoms with Crippen molar-refractivity contribution in [2.75, 3.05) is 6.61 Å². The average Bonchev–Trinajstić information content (AvgIpc) is 2.29. The van der Waals surface area contributed by atoms with Gasteiger partial charge in [-0.1, -0.05) is 13.8 Å². The van der Waals surface area contributed by atoms with E-state index in [9.17, 15) is 4.79 Å². The maximum absolute atomic E-state index is 11.9. The van der Waals surface area contributed by atoms with Crippen LogP contribution in [0.4, 0.5) is 0 Å². The smallest absolute Gasteiger partial charge is 0.339 e. The zero-order chi connectivity index (χ0) is 13.3. The molecule has 0 aromatic carbocycles. The number of carbonyl (C=O) groups excluding carboxylic acids is 1. The Balaban J connectivity index is 2.46. The summed E-state index contributed by atoms with van der Waals surface area (Å²) in [4.78, 5) is 16.5. The van der Waals surface area contributed by atoms with Crippen LogP contribution in [0.15, 0.2) is 6.07 Å². The molecule has 0 saturated carbocycles. The first-order valence-electron chi connectivity index (χ1n) is 6.64. The number of carbonyl (C=O) groups is 1. The number of aryl methyl sites for hydroxylation is 2. The Morgan fingerprint density at radius 2 is 2.22 bits per heavy atom. The Hall–Kier alpha value is -1.38. The molecule has 0 spiro atoms. The second-order valence-corrected chi connectivity index (χ2v) is 5.59.